The van der Waals surface area contributed by atoms with Crippen LogP contribution in [0.3, 0.4) is 0 Å². The fourth-order valence-corrected chi connectivity index (χ4v) is 0.997. The quantitative estimate of drug-likeness (QED) is 0.542. The molecule has 0 saturated carbocycles. The smallest absolute Gasteiger partial charge is 0.313 e. The highest BCUT2D eigenvalue weighted by Gasteiger charge is 2.24. The highest BCUT2D eigenvalue weighted by atomic mass is 16.5. The number of hydrogen-bond acceptors (Lipinski definition) is 3. The molecule has 86 valence electrons. The number of esters is 1. The molecular weight excluding hydrogens is 196 g/mol. The highest BCUT2D eigenvalue weighted by Crippen LogP contribution is 2.16. The first-order valence-electron chi connectivity index (χ1n) is 4.96. The largest absolute Gasteiger partial charge is 0.481 e. The van der Waals surface area contributed by atoms with E-state index in [9.17, 15) is 9.59 Å². The van der Waals surface area contributed by atoms with Crippen molar-refractivity contribution in [1.29, 1.82) is 0 Å². The molecule has 0 aromatic rings. The third-order valence-corrected chi connectivity index (χ3v) is 2.15. The Morgan fingerprint density at radius 1 is 1.47 bits per heavy atom. The summed E-state index contributed by atoms with van der Waals surface area (Å²) in [5.74, 6) is -2.26. The molecule has 1 N–H and O–H groups in total. The van der Waals surface area contributed by atoms with Crippen molar-refractivity contribution in [3.8, 4) is 0 Å². The summed E-state index contributed by atoms with van der Waals surface area (Å²) in [5, 5.41) is 8.62. The molecule has 0 aliphatic rings. The fraction of sp³-hybridized carbons (Fsp3) is 0.636. The van der Waals surface area contributed by atoms with E-state index < -0.39 is 17.9 Å². The molecule has 0 aromatic carbocycles. The maximum absolute atomic E-state index is 11.5. The van der Waals surface area contributed by atoms with Crippen molar-refractivity contribution >= 4 is 11.9 Å². The lowest BCUT2D eigenvalue weighted by Crippen LogP contribution is -2.25. The van der Waals surface area contributed by atoms with Crippen LogP contribution < -0.4 is 0 Å². The molecule has 0 fully saturated rings. The molecule has 4 nitrogen and oxygen atoms in total. The van der Waals surface area contributed by atoms with Crippen LogP contribution in [0.25, 0.3) is 0 Å². The minimum Gasteiger partial charge on any atom is -0.481 e. The lowest BCUT2D eigenvalue weighted by Gasteiger charge is -2.17. The number of carbonyl (C=O) groups excluding carboxylic acids is 1. The summed E-state index contributed by atoms with van der Waals surface area (Å²) < 4.78 is 5.06. The van der Waals surface area contributed by atoms with Crippen molar-refractivity contribution in [2.75, 3.05) is 0 Å². The lowest BCUT2D eigenvalue weighted by atomic mass is 9.98. The third-order valence-electron chi connectivity index (χ3n) is 2.15. The average Bonchev–Trinajstić information content (AvgIpc) is 2.12. The van der Waals surface area contributed by atoms with Crippen LogP contribution in [0, 0.1) is 5.92 Å². The maximum Gasteiger partial charge on any atom is 0.313 e. The van der Waals surface area contributed by atoms with Gasteiger partial charge in [0, 0.05) is 0 Å². The first-order chi connectivity index (χ1) is 6.88. The Morgan fingerprint density at radius 3 is 2.33 bits per heavy atom. The van der Waals surface area contributed by atoms with Crippen LogP contribution in [0.15, 0.2) is 12.2 Å². The Kier molecular flexibility index (Phi) is 5.67. The summed E-state index contributed by atoms with van der Waals surface area (Å²) in [6.07, 6.45) is 0.264. The first-order valence-corrected chi connectivity index (χ1v) is 4.96. The number of ether oxygens (including phenoxy) is 1. The normalized spacial score (nSPS) is 14.1. The van der Waals surface area contributed by atoms with E-state index in [0.29, 0.717) is 12.0 Å². The summed E-state index contributed by atoms with van der Waals surface area (Å²) in [6.45, 7) is 8.89. The molecule has 0 amide bonds. The van der Waals surface area contributed by atoms with Crippen LogP contribution in [0.1, 0.15) is 33.6 Å². The SMILES string of the molecule is C=C(C)C(CC(=O)O)C(=O)OC(C)CC. The van der Waals surface area contributed by atoms with Gasteiger partial charge in [-0.3, -0.25) is 9.59 Å². The number of rotatable bonds is 6. The number of hydrogen-bond donors (Lipinski definition) is 1. The molecule has 15 heavy (non-hydrogen) atoms. The van der Waals surface area contributed by atoms with Crippen LogP contribution in [0.2, 0.25) is 0 Å². The molecule has 0 saturated heterocycles. The Hall–Kier alpha value is -1.32. The predicted octanol–water partition coefficient (Wildman–Crippen LogP) is 2.00. The summed E-state index contributed by atoms with van der Waals surface area (Å²) >= 11 is 0. The van der Waals surface area contributed by atoms with Crippen molar-refractivity contribution in [3.63, 3.8) is 0 Å². The van der Waals surface area contributed by atoms with Crippen LogP contribution in [0.4, 0.5) is 0 Å². The lowest BCUT2D eigenvalue weighted by molar-refractivity contribution is -0.155. The Morgan fingerprint density at radius 2 is 2.00 bits per heavy atom. The third kappa shape index (κ3) is 5.20. The molecular formula is C11H18O4. The van der Waals surface area contributed by atoms with Gasteiger partial charge in [0.05, 0.1) is 18.4 Å². The van der Waals surface area contributed by atoms with E-state index >= 15 is 0 Å². The number of carboxylic acids is 1. The van der Waals surface area contributed by atoms with Crippen LogP contribution in [-0.4, -0.2) is 23.1 Å². The summed E-state index contributed by atoms with van der Waals surface area (Å²) in [6, 6.07) is 0. The van der Waals surface area contributed by atoms with E-state index in [1.54, 1.807) is 13.8 Å². The van der Waals surface area contributed by atoms with Gasteiger partial charge in [0.2, 0.25) is 0 Å². The number of aliphatic carboxylic acids is 1. The van der Waals surface area contributed by atoms with Crippen molar-refractivity contribution in [1.82, 2.24) is 0 Å². The van der Waals surface area contributed by atoms with Gasteiger partial charge in [0.1, 0.15) is 0 Å². The molecule has 0 aliphatic carbocycles. The molecule has 0 radical (unpaired) electrons. The van der Waals surface area contributed by atoms with E-state index in [4.69, 9.17) is 9.84 Å². The maximum atomic E-state index is 11.5. The second-order valence-electron chi connectivity index (χ2n) is 3.65. The fourth-order valence-electron chi connectivity index (χ4n) is 0.997. The van der Waals surface area contributed by atoms with Crippen LogP contribution in [-0.2, 0) is 14.3 Å². The minimum atomic E-state index is -1.02. The van der Waals surface area contributed by atoms with Gasteiger partial charge in [-0.1, -0.05) is 19.1 Å². The van der Waals surface area contributed by atoms with Crippen molar-refractivity contribution in [3.05, 3.63) is 12.2 Å². The summed E-state index contributed by atoms with van der Waals surface area (Å²) in [4.78, 5) is 22.1. The zero-order chi connectivity index (χ0) is 12.0. The Balaban J connectivity index is 4.42. The molecule has 0 bridgehead atoms. The predicted molar refractivity (Wildman–Crippen MR) is 56.4 cm³/mol. The second kappa shape index (κ2) is 6.22. The second-order valence-corrected chi connectivity index (χ2v) is 3.65. The van der Waals surface area contributed by atoms with Gasteiger partial charge in [0.15, 0.2) is 0 Å². The molecule has 0 spiro atoms. The van der Waals surface area contributed by atoms with E-state index in [1.807, 2.05) is 6.92 Å². The Labute approximate surface area is 89.9 Å². The van der Waals surface area contributed by atoms with Gasteiger partial charge in [0.25, 0.3) is 0 Å². The van der Waals surface area contributed by atoms with E-state index in [0.717, 1.165) is 0 Å². The van der Waals surface area contributed by atoms with Crippen LogP contribution in [0.5, 0.6) is 0 Å². The van der Waals surface area contributed by atoms with E-state index in [1.165, 1.54) is 0 Å². The van der Waals surface area contributed by atoms with Gasteiger partial charge < -0.3 is 9.84 Å². The molecule has 0 aromatic heterocycles. The molecule has 0 rings (SSSR count). The average molecular weight is 214 g/mol. The first kappa shape index (κ1) is 13.7. The van der Waals surface area contributed by atoms with Crippen molar-refractivity contribution in [2.24, 2.45) is 5.92 Å². The molecule has 0 aliphatic heterocycles. The monoisotopic (exact) mass is 214 g/mol. The highest BCUT2D eigenvalue weighted by molar-refractivity contribution is 5.81. The standard InChI is InChI=1S/C11H18O4/c1-5-8(4)15-11(14)9(7(2)3)6-10(12)13/h8-9H,2,5-6H2,1,3-4H3,(H,12,13). The van der Waals surface area contributed by atoms with Crippen molar-refractivity contribution in [2.45, 2.75) is 39.7 Å². The van der Waals surface area contributed by atoms with Crippen LogP contribution >= 0.6 is 0 Å². The van der Waals surface area contributed by atoms with Gasteiger partial charge in [-0.15, -0.1) is 0 Å². The zero-order valence-electron chi connectivity index (χ0n) is 9.45. The summed E-state index contributed by atoms with van der Waals surface area (Å²) in [5.41, 5.74) is 0.519. The van der Waals surface area contributed by atoms with Gasteiger partial charge in [-0.25, -0.2) is 0 Å². The van der Waals surface area contributed by atoms with E-state index in [-0.39, 0.29) is 12.5 Å². The van der Waals surface area contributed by atoms with Gasteiger partial charge in [-0.2, -0.15) is 0 Å². The topological polar surface area (TPSA) is 63.6 Å². The minimum absolute atomic E-state index is 0.187. The number of carbonyl (C=O) groups is 2. The zero-order valence-corrected chi connectivity index (χ0v) is 9.45. The van der Waals surface area contributed by atoms with E-state index in [2.05, 4.69) is 6.58 Å². The van der Waals surface area contributed by atoms with Crippen molar-refractivity contribution < 1.29 is 19.4 Å². The molecule has 4 heteroatoms. The number of carboxylic acid groups (broad SMARTS) is 1. The summed E-state index contributed by atoms with van der Waals surface area (Å²) in [7, 11) is 0. The Bertz CT molecular complexity index is 257. The van der Waals surface area contributed by atoms with Gasteiger partial charge in [-0.05, 0) is 20.3 Å². The molecule has 0 heterocycles. The molecule has 2 unspecified atom stereocenters. The van der Waals surface area contributed by atoms with Gasteiger partial charge >= 0.3 is 11.9 Å². The molecule has 2 atom stereocenters.